The van der Waals surface area contributed by atoms with Crippen molar-refractivity contribution in [3.05, 3.63) is 76.1 Å². The number of rotatable bonds is 14. The van der Waals surface area contributed by atoms with E-state index in [0.29, 0.717) is 29.5 Å². The summed E-state index contributed by atoms with van der Waals surface area (Å²) in [6.45, 7) is 7.04. The van der Waals surface area contributed by atoms with Gasteiger partial charge in [-0.1, -0.05) is 30.3 Å². The van der Waals surface area contributed by atoms with Gasteiger partial charge >= 0.3 is 17.7 Å². The summed E-state index contributed by atoms with van der Waals surface area (Å²) in [6.07, 6.45) is -0.273. The van der Waals surface area contributed by atoms with Crippen LogP contribution in [0.4, 0.5) is 10.5 Å². The highest BCUT2D eigenvalue weighted by molar-refractivity contribution is 6.00. The molecule has 4 rings (SSSR count). The van der Waals surface area contributed by atoms with Crippen molar-refractivity contribution in [2.75, 3.05) is 18.4 Å². The third-order valence-electron chi connectivity index (χ3n) is 8.24. The molecule has 7 N–H and O–H groups in total. The fourth-order valence-electron chi connectivity index (χ4n) is 5.79. The van der Waals surface area contributed by atoms with Crippen LogP contribution in [0.3, 0.4) is 0 Å². The second-order valence-corrected chi connectivity index (χ2v) is 13.7. The highest BCUT2D eigenvalue weighted by Crippen LogP contribution is 2.23. The van der Waals surface area contributed by atoms with E-state index in [4.69, 9.17) is 25.4 Å². The number of benzene rings is 2. The average molecular weight is 770 g/mol. The fourth-order valence-corrected chi connectivity index (χ4v) is 5.79. The number of hydrogen-bond donors (Lipinski definition) is 5. The quantitative estimate of drug-likeness (QED) is 0.0525. The minimum Gasteiger partial charge on any atom is -0.461 e. The Labute approximate surface area is 318 Å². The number of aryl methyl sites for hydroxylation is 1. The number of ether oxygens (including phenoxy) is 2. The molecule has 1 aliphatic rings. The maximum absolute atomic E-state index is 14.0. The average Bonchev–Trinajstić information content (AvgIpc) is 3.57. The Morgan fingerprint density at radius 3 is 2.43 bits per heavy atom. The zero-order valence-electron chi connectivity index (χ0n) is 30.7. The number of nitrogens with one attached hydrogen (secondary N) is 3. The van der Waals surface area contributed by atoms with Gasteiger partial charge in [0.25, 0.3) is 0 Å². The number of nitrogens with two attached hydrogens (primary N) is 2. The molecule has 4 amide bonds. The van der Waals surface area contributed by atoms with Gasteiger partial charge in [-0.2, -0.15) is 0 Å². The van der Waals surface area contributed by atoms with E-state index < -0.39 is 65.6 Å². The Morgan fingerprint density at radius 1 is 1.02 bits per heavy atom. The zero-order valence-corrected chi connectivity index (χ0v) is 31.5. The van der Waals surface area contributed by atoms with Gasteiger partial charge in [-0.05, 0) is 76.6 Å². The van der Waals surface area contributed by atoms with E-state index >= 15 is 0 Å². The highest BCUT2D eigenvalue weighted by Gasteiger charge is 2.40. The standard InChI is InChI=1S/C37H47N7O9.ClH/c1-22-18-31(46)52-29-19-24(14-15-25(22)29)41-32(47)26(12-8-16-40-35(38)39)42-33(48)28-13-9-17-44(28)34(49)27(43-36(50)53-37(2,3)4)20-30(45)51-21-23-10-6-5-7-11-23;/h5-7,10-11,14-15,18-19,26-28H,8-9,12-13,16-17,20-21H2,1-4H3,(H,41,47)(H,42,48)(H,43,50)(H4,38,39,40);1H/t26-,27-,28-;/m0./s1. The maximum atomic E-state index is 14.0. The van der Waals surface area contributed by atoms with Gasteiger partial charge < -0.3 is 46.2 Å². The molecule has 0 aliphatic carbocycles. The second-order valence-electron chi connectivity index (χ2n) is 13.7. The lowest BCUT2D eigenvalue weighted by Gasteiger charge is -2.30. The van der Waals surface area contributed by atoms with E-state index in [1.807, 2.05) is 6.07 Å². The molecule has 17 heteroatoms. The summed E-state index contributed by atoms with van der Waals surface area (Å²) >= 11 is 0. The van der Waals surface area contributed by atoms with Crippen molar-refractivity contribution >= 4 is 64.8 Å². The number of carbonyl (C=O) groups is 5. The number of carbonyl (C=O) groups excluding carboxylic acids is 5. The van der Waals surface area contributed by atoms with E-state index in [1.54, 1.807) is 64.1 Å². The van der Waals surface area contributed by atoms with Crippen LogP contribution < -0.4 is 33.0 Å². The van der Waals surface area contributed by atoms with Crippen LogP contribution >= 0.6 is 12.4 Å². The zero-order chi connectivity index (χ0) is 38.7. The van der Waals surface area contributed by atoms with Gasteiger partial charge in [-0.25, -0.2) is 9.59 Å². The predicted molar refractivity (Wildman–Crippen MR) is 204 cm³/mol. The van der Waals surface area contributed by atoms with Gasteiger partial charge in [0.05, 0.1) is 6.42 Å². The second kappa shape index (κ2) is 19.4. The van der Waals surface area contributed by atoms with Gasteiger partial charge in [-0.15, -0.1) is 12.4 Å². The molecule has 54 heavy (non-hydrogen) atoms. The Morgan fingerprint density at radius 2 is 1.74 bits per heavy atom. The van der Waals surface area contributed by atoms with Gasteiger partial charge in [0, 0.05) is 36.3 Å². The first-order valence-electron chi connectivity index (χ1n) is 17.3. The molecule has 16 nitrogen and oxygen atoms in total. The molecule has 1 aromatic heterocycles. The van der Waals surface area contributed by atoms with Crippen LogP contribution in [0, 0.1) is 6.92 Å². The van der Waals surface area contributed by atoms with Crippen LogP contribution in [0.5, 0.6) is 0 Å². The Kier molecular flexibility index (Phi) is 15.4. The number of amides is 4. The molecule has 0 spiro atoms. The van der Waals surface area contributed by atoms with Crippen molar-refractivity contribution in [1.29, 1.82) is 0 Å². The smallest absolute Gasteiger partial charge is 0.408 e. The third-order valence-corrected chi connectivity index (χ3v) is 8.24. The molecule has 1 saturated heterocycles. The number of anilines is 1. The number of esters is 1. The molecule has 292 valence electrons. The Balaban J connectivity index is 0.00000784. The summed E-state index contributed by atoms with van der Waals surface area (Å²) in [5.41, 5.74) is 11.5. The molecule has 0 saturated carbocycles. The summed E-state index contributed by atoms with van der Waals surface area (Å²) in [4.78, 5) is 84.3. The number of nitrogens with zero attached hydrogens (tertiary/aromatic N) is 2. The number of aliphatic imine (C=N–C) groups is 1. The number of hydrogen-bond acceptors (Lipinski definition) is 10. The number of fused-ring (bicyclic) bond motifs is 1. The van der Waals surface area contributed by atoms with Gasteiger partial charge in [0.2, 0.25) is 17.7 Å². The van der Waals surface area contributed by atoms with E-state index in [9.17, 15) is 28.8 Å². The minimum atomic E-state index is -1.41. The molecule has 3 atom stereocenters. The first kappa shape index (κ1) is 42.8. The van der Waals surface area contributed by atoms with Crippen molar-refractivity contribution in [1.82, 2.24) is 15.5 Å². The molecule has 0 unspecified atom stereocenters. The first-order valence-corrected chi connectivity index (χ1v) is 17.3. The fraction of sp³-hybridized carbons (Fsp3) is 0.432. The SMILES string of the molecule is Cc1cc(=O)oc2cc(NC(=O)[C@H](CCCN=C(N)N)NC(=O)[C@@H]3CCCN3C(=O)[C@H](CC(=O)OCc3ccccc3)NC(=O)OC(C)(C)C)ccc12.Cl. The summed E-state index contributed by atoms with van der Waals surface area (Å²) < 4.78 is 16.0. The number of likely N-dealkylation sites (tertiary alicyclic amines) is 1. The monoisotopic (exact) mass is 769 g/mol. The molecule has 0 bridgehead atoms. The normalized spacial score (nSPS) is 14.9. The van der Waals surface area contributed by atoms with Crippen molar-refractivity contribution < 1.29 is 37.9 Å². The summed E-state index contributed by atoms with van der Waals surface area (Å²) in [5.74, 6) is -2.74. The summed E-state index contributed by atoms with van der Waals surface area (Å²) in [7, 11) is 0. The molecule has 2 heterocycles. The Bertz CT molecular complexity index is 1890. The molecule has 1 fully saturated rings. The molecule has 1 aliphatic heterocycles. The van der Waals surface area contributed by atoms with Crippen molar-refractivity contribution in [2.24, 2.45) is 16.5 Å². The topological polar surface area (TPSA) is 238 Å². The van der Waals surface area contributed by atoms with Gasteiger partial charge in [0.1, 0.15) is 35.9 Å². The summed E-state index contributed by atoms with van der Waals surface area (Å²) in [6, 6.07) is 11.7. The van der Waals surface area contributed by atoms with Gasteiger partial charge in [0.15, 0.2) is 5.96 Å². The van der Waals surface area contributed by atoms with Crippen LogP contribution in [0.1, 0.15) is 64.0 Å². The Hall–Kier alpha value is -5.64. The van der Waals surface area contributed by atoms with Crippen molar-refractivity contribution in [2.45, 2.75) is 90.1 Å². The number of halogens is 1. The van der Waals surface area contributed by atoms with Crippen molar-refractivity contribution in [3.8, 4) is 0 Å². The van der Waals surface area contributed by atoms with Crippen LogP contribution in [0.15, 0.2) is 68.8 Å². The lowest BCUT2D eigenvalue weighted by Crippen LogP contribution is -2.56. The van der Waals surface area contributed by atoms with Gasteiger partial charge in [-0.3, -0.25) is 24.2 Å². The van der Waals surface area contributed by atoms with Crippen LogP contribution in [0.25, 0.3) is 11.0 Å². The predicted octanol–water partition coefficient (Wildman–Crippen LogP) is 3.02. The molecule has 3 aromatic rings. The summed E-state index contributed by atoms with van der Waals surface area (Å²) in [5, 5.41) is 8.70. The van der Waals surface area contributed by atoms with Crippen LogP contribution in [-0.2, 0) is 35.3 Å². The number of alkyl carbamates (subject to hydrolysis) is 1. The van der Waals surface area contributed by atoms with Crippen LogP contribution in [0.2, 0.25) is 0 Å². The lowest BCUT2D eigenvalue weighted by atomic mass is 10.1. The first-order chi connectivity index (χ1) is 25.1. The van der Waals surface area contributed by atoms with E-state index in [1.165, 1.54) is 17.0 Å². The largest absolute Gasteiger partial charge is 0.461 e. The minimum absolute atomic E-state index is 0. The van der Waals surface area contributed by atoms with E-state index in [2.05, 4.69) is 20.9 Å². The molecular weight excluding hydrogens is 722 g/mol. The number of guanidine groups is 1. The van der Waals surface area contributed by atoms with Crippen molar-refractivity contribution in [3.63, 3.8) is 0 Å². The van der Waals surface area contributed by atoms with Crippen LogP contribution in [-0.4, -0.2) is 77.5 Å². The molecule has 0 radical (unpaired) electrons. The molecular formula is C37H48ClN7O9. The third kappa shape index (κ3) is 12.8. The lowest BCUT2D eigenvalue weighted by molar-refractivity contribution is -0.149. The molecule has 2 aromatic carbocycles. The van der Waals surface area contributed by atoms with E-state index in [-0.39, 0.29) is 56.5 Å². The highest BCUT2D eigenvalue weighted by atomic mass is 35.5. The maximum Gasteiger partial charge on any atom is 0.408 e. The van der Waals surface area contributed by atoms with E-state index in [0.717, 1.165) is 5.56 Å².